The van der Waals surface area contributed by atoms with E-state index in [4.69, 9.17) is 0 Å². The largest absolute Gasteiger partial charge is 0.303 e. The first kappa shape index (κ1) is 9.47. The zero-order valence-corrected chi connectivity index (χ0v) is 8.60. The van der Waals surface area contributed by atoms with Gasteiger partial charge < -0.3 is 5.32 Å². The molecule has 0 bridgehead atoms. The second-order valence-corrected chi connectivity index (χ2v) is 4.47. The van der Waals surface area contributed by atoms with Crippen LogP contribution < -0.4 is 5.32 Å². The maximum absolute atomic E-state index is 3.43. The molecule has 1 heterocycles. The minimum absolute atomic E-state index is 0.898. The van der Waals surface area contributed by atoms with Crippen molar-refractivity contribution in [3.05, 3.63) is 0 Å². The van der Waals surface area contributed by atoms with Crippen LogP contribution in [0.25, 0.3) is 0 Å². The third kappa shape index (κ3) is 2.68. The van der Waals surface area contributed by atoms with E-state index in [1.165, 1.54) is 58.0 Å². The summed E-state index contributed by atoms with van der Waals surface area (Å²) in [5.74, 6) is 0. The summed E-state index contributed by atoms with van der Waals surface area (Å²) < 4.78 is 0. The summed E-state index contributed by atoms with van der Waals surface area (Å²) in [4.78, 5) is 2.64. The van der Waals surface area contributed by atoms with Crippen molar-refractivity contribution in [3.63, 3.8) is 0 Å². The predicted molar refractivity (Wildman–Crippen MR) is 55.7 cm³/mol. The molecule has 2 rings (SSSR count). The number of hydrogen-bond donors (Lipinski definition) is 1. The van der Waals surface area contributed by atoms with Gasteiger partial charge in [-0.3, -0.25) is 4.90 Å². The van der Waals surface area contributed by atoms with Gasteiger partial charge in [0.25, 0.3) is 0 Å². The highest BCUT2D eigenvalue weighted by Crippen LogP contribution is 2.21. The van der Waals surface area contributed by atoms with Gasteiger partial charge in [-0.2, -0.15) is 0 Å². The Bertz CT molecular complexity index is 133. The van der Waals surface area contributed by atoms with Gasteiger partial charge in [-0.1, -0.05) is 32.1 Å². The molecular formula is C11H22N2. The number of rotatable bonds is 1. The molecule has 0 unspecified atom stereocenters. The van der Waals surface area contributed by atoms with Crippen molar-refractivity contribution in [2.45, 2.75) is 51.0 Å². The smallest absolute Gasteiger partial charge is 0.0484 e. The molecule has 0 atom stereocenters. The van der Waals surface area contributed by atoms with Crippen LogP contribution in [0.2, 0.25) is 0 Å². The van der Waals surface area contributed by atoms with E-state index in [0.717, 1.165) is 12.7 Å². The molecule has 1 aliphatic carbocycles. The fourth-order valence-corrected chi connectivity index (χ4v) is 2.64. The SMILES string of the molecule is C1CCCC(N2CCNC2)CCC1. The third-order valence-electron chi connectivity index (χ3n) is 3.48. The first-order chi connectivity index (χ1) is 6.47. The molecule has 0 amide bonds. The van der Waals surface area contributed by atoms with Crippen molar-refractivity contribution in [1.82, 2.24) is 10.2 Å². The molecule has 0 aromatic heterocycles. The van der Waals surface area contributed by atoms with Crippen LogP contribution in [-0.4, -0.2) is 30.7 Å². The van der Waals surface area contributed by atoms with E-state index < -0.39 is 0 Å². The number of hydrogen-bond acceptors (Lipinski definition) is 2. The highest BCUT2D eigenvalue weighted by Gasteiger charge is 2.21. The van der Waals surface area contributed by atoms with E-state index >= 15 is 0 Å². The minimum Gasteiger partial charge on any atom is -0.303 e. The molecule has 1 aliphatic heterocycles. The summed E-state index contributed by atoms with van der Waals surface area (Å²) in [7, 11) is 0. The molecule has 0 aromatic carbocycles. The van der Waals surface area contributed by atoms with Crippen LogP contribution in [0.1, 0.15) is 44.9 Å². The molecule has 1 saturated carbocycles. The van der Waals surface area contributed by atoms with Crippen molar-refractivity contribution in [2.75, 3.05) is 19.8 Å². The van der Waals surface area contributed by atoms with Crippen molar-refractivity contribution in [1.29, 1.82) is 0 Å². The maximum atomic E-state index is 3.43. The van der Waals surface area contributed by atoms with Gasteiger partial charge in [-0.05, 0) is 12.8 Å². The highest BCUT2D eigenvalue weighted by molar-refractivity contribution is 4.77. The molecule has 13 heavy (non-hydrogen) atoms. The predicted octanol–water partition coefficient (Wildman–Crippen LogP) is 1.96. The number of nitrogens with one attached hydrogen (secondary N) is 1. The maximum Gasteiger partial charge on any atom is 0.0484 e. The lowest BCUT2D eigenvalue weighted by Crippen LogP contribution is -2.34. The third-order valence-corrected chi connectivity index (χ3v) is 3.48. The van der Waals surface area contributed by atoms with Crippen molar-refractivity contribution < 1.29 is 0 Å². The lowest BCUT2D eigenvalue weighted by atomic mass is 9.96. The summed E-state index contributed by atoms with van der Waals surface area (Å²) in [6, 6.07) is 0.898. The van der Waals surface area contributed by atoms with Crippen LogP contribution in [0.4, 0.5) is 0 Å². The molecule has 1 N–H and O–H groups in total. The Labute approximate surface area is 81.7 Å². The van der Waals surface area contributed by atoms with Crippen molar-refractivity contribution >= 4 is 0 Å². The van der Waals surface area contributed by atoms with Gasteiger partial charge in [0, 0.05) is 25.8 Å². The van der Waals surface area contributed by atoms with Crippen molar-refractivity contribution in [2.24, 2.45) is 0 Å². The van der Waals surface area contributed by atoms with Gasteiger partial charge in [-0.15, -0.1) is 0 Å². The summed E-state index contributed by atoms with van der Waals surface area (Å²) in [6.45, 7) is 3.63. The molecule has 2 fully saturated rings. The summed E-state index contributed by atoms with van der Waals surface area (Å²) >= 11 is 0. The molecule has 0 spiro atoms. The number of nitrogens with zero attached hydrogens (tertiary/aromatic N) is 1. The van der Waals surface area contributed by atoms with Gasteiger partial charge in [-0.25, -0.2) is 0 Å². The molecule has 2 nitrogen and oxygen atoms in total. The average molecular weight is 182 g/mol. The first-order valence-corrected chi connectivity index (χ1v) is 5.91. The summed E-state index contributed by atoms with van der Waals surface area (Å²) in [5, 5.41) is 3.43. The normalized spacial score (nSPS) is 28.6. The van der Waals surface area contributed by atoms with Gasteiger partial charge in [0.2, 0.25) is 0 Å². The lowest BCUT2D eigenvalue weighted by molar-refractivity contribution is 0.201. The highest BCUT2D eigenvalue weighted by atomic mass is 15.3. The topological polar surface area (TPSA) is 15.3 Å². The second kappa shape index (κ2) is 4.97. The zero-order valence-electron chi connectivity index (χ0n) is 8.60. The van der Waals surface area contributed by atoms with Crippen LogP contribution in [0.5, 0.6) is 0 Å². The summed E-state index contributed by atoms with van der Waals surface area (Å²) in [6.07, 6.45) is 10.2. The Hall–Kier alpha value is -0.0800. The minimum atomic E-state index is 0.898. The second-order valence-electron chi connectivity index (χ2n) is 4.47. The van der Waals surface area contributed by atoms with Gasteiger partial charge in [0.15, 0.2) is 0 Å². The van der Waals surface area contributed by atoms with Gasteiger partial charge >= 0.3 is 0 Å². The Morgan fingerprint density at radius 3 is 2.23 bits per heavy atom. The molecule has 1 saturated heterocycles. The molecule has 0 radical (unpaired) electrons. The average Bonchev–Trinajstić information content (AvgIpc) is 2.55. The van der Waals surface area contributed by atoms with Crippen LogP contribution in [0.15, 0.2) is 0 Å². The van der Waals surface area contributed by atoms with Crippen molar-refractivity contribution in [3.8, 4) is 0 Å². The Morgan fingerprint density at radius 1 is 0.923 bits per heavy atom. The quantitative estimate of drug-likeness (QED) is 0.667. The fourth-order valence-electron chi connectivity index (χ4n) is 2.64. The lowest BCUT2D eigenvalue weighted by Gasteiger charge is -2.28. The van der Waals surface area contributed by atoms with E-state index in [1.807, 2.05) is 0 Å². The van der Waals surface area contributed by atoms with Crippen LogP contribution >= 0.6 is 0 Å². The molecule has 0 aromatic rings. The molecular weight excluding hydrogens is 160 g/mol. The zero-order chi connectivity index (χ0) is 8.93. The van der Waals surface area contributed by atoms with E-state index in [9.17, 15) is 0 Å². The Kier molecular flexibility index (Phi) is 3.62. The standard InChI is InChI=1S/C11H22N2/c1-2-4-6-11(7-5-3-1)13-9-8-12-10-13/h11-12H,1-10H2. The van der Waals surface area contributed by atoms with Crippen LogP contribution in [0.3, 0.4) is 0 Å². The Balaban J connectivity index is 1.80. The fraction of sp³-hybridized carbons (Fsp3) is 1.00. The molecule has 76 valence electrons. The van der Waals surface area contributed by atoms with Crippen LogP contribution in [0, 0.1) is 0 Å². The molecule has 2 heteroatoms. The molecule has 2 aliphatic rings. The van der Waals surface area contributed by atoms with E-state index in [-0.39, 0.29) is 0 Å². The van der Waals surface area contributed by atoms with Gasteiger partial charge in [0.05, 0.1) is 0 Å². The monoisotopic (exact) mass is 182 g/mol. The first-order valence-electron chi connectivity index (χ1n) is 5.91. The van der Waals surface area contributed by atoms with E-state index in [1.54, 1.807) is 0 Å². The van der Waals surface area contributed by atoms with Gasteiger partial charge in [0.1, 0.15) is 0 Å². The van der Waals surface area contributed by atoms with Crippen LogP contribution in [-0.2, 0) is 0 Å². The van der Waals surface area contributed by atoms with E-state index in [0.29, 0.717) is 0 Å². The van der Waals surface area contributed by atoms with E-state index in [2.05, 4.69) is 10.2 Å². The Morgan fingerprint density at radius 2 is 1.62 bits per heavy atom. The summed E-state index contributed by atoms with van der Waals surface area (Å²) in [5.41, 5.74) is 0.